The van der Waals surface area contributed by atoms with Crippen molar-refractivity contribution in [3.05, 3.63) is 27.8 Å². The third-order valence-electron chi connectivity index (χ3n) is 4.79. The molecule has 0 radical (unpaired) electrons. The molecule has 22 heavy (non-hydrogen) atoms. The van der Waals surface area contributed by atoms with Gasteiger partial charge < -0.3 is 10.8 Å². The van der Waals surface area contributed by atoms with Crippen LogP contribution in [0.5, 0.6) is 0 Å². The maximum absolute atomic E-state index is 11.4. The number of fused-ring (bicyclic) bond motifs is 3. The lowest BCUT2D eigenvalue weighted by molar-refractivity contribution is 0.0695. The maximum Gasteiger partial charge on any atom is 0.336 e. The minimum absolute atomic E-state index is 0. The van der Waals surface area contributed by atoms with Gasteiger partial charge in [0, 0.05) is 0 Å². The van der Waals surface area contributed by atoms with Gasteiger partial charge in [0.15, 0.2) is 0 Å². The van der Waals surface area contributed by atoms with Gasteiger partial charge in [-0.25, -0.2) is 4.79 Å². The normalized spacial score (nSPS) is 25.2. The van der Waals surface area contributed by atoms with Crippen molar-refractivity contribution >= 4 is 23.3 Å². The third-order valence-corrected chi connectivity index (χ3v) is 5.10. The van der Waals surface area contributed by atoms with Gasteiger partial charge >= 0.3 is 5.97 Å². The van der Waals surface area contributed by atoms with Crippen molar-refractivity contribution in [3.63, 3.8) is 0 Å². The van der Waals surface area contributed by atoms with E-state index in [2.05, 4.69) is 6.92 Å². The van der Waals surface area contributed by atoms with Crippen molar-refractivity contribution < 1.29 is 9.90 Å². The molecule has 2 aliphatic rings. The Hall–Kier alpha value is -1.22. The van der Waals surface area contributed by atoms with E-state index in [4.69, 9.17) is 17.3 Å². The Labute approximate surface area is 138 Å². The number of nitrogen functional groups attached to an aromatic ring is 1. The largest absolute Gasteiger partial charge is 0.478 e. The fourth-order valence-electron chi connectivity index (χ4n) is 3.87. The van der Waals surface area contributed by atoms with E-state index in [1.807, 2.05) is 13.8 Å². The molecule has 0 aliphatic heterocycles. The number of carboxylic acid groups (broad SMARTS) is 1. The predicted octanol–water partition coefficient (Wildman–Crippen LogP) is 5.36. The molecule has 1 fully saturated rings. The van der Waals surface area contributed by atoms with Crippen LogP contribution in [-0.2, 0) is 6.42 Å². The van der Waals surface area contributed by atoms with Gasteiger partial charge in [-0.15, -0.1) is 0 Å². The summed E-state index contributed by atoms with van der Waals surface area (Å²) in [6, 6.07) is 1.51. The summed E-state index contributed by atoms with van der Waals surface area (Å²) in [5.41, 5.74) is 9.03. The highest BCUT2D eigenvalue weighted by atomic mass is 35.5. The van der Waals surface area contributed by atoms with Gasteiger partial charge in [-0.1, -0.05) is 46.2 Å². The van der Waals surface area contributed by atoms with Gasteiger partial charge in [0.25, 0.3) is 0 Å². The van der Waals surface area contributed by atoms with Crippen molar-refractivity contribution in [2.45, 2.75) is 59.8 Å². The highest BCUT2D eigenvalue weighted by Gasteiger charge is 2.40. The molecule has 0 aromatic heterocycles. The number of anilines is 1. The summed E-state index contributed by atoms with van der Waals surface area (Å²) in [5, 5.41) is 9.73. The molecular weight excluding hydrogens is 298 g/mol. The second-order valence-corrected chi connectivity index (χ2v) is 6.41. The van der Waals surface area contributed by atoms with Crippen LogP contribution in [0.2, 0.25) is 5.02 Å². The SMILES string of the molecule is C.CC.CC1CCC2Cc3c(C(=O)O)cc(Cl)c(N)c3C2C1. The van der Waals surface area contributed by atoms with E-state index in [1.165, 1.54) is 12.5 Å². The number of nitrogens with two attached hydrogens (primary N) is 1. The van der Waals surface area contributed by atoms with Crippen molar-refractivity contribution in [1.82, 2.24) is 0 Å². The molecule has 3 nitrogen and oxygen atoms in total. The smallest absolute Gasteiger partial charge is 0.336 e. The topological polar surface area (TPSA) is 63.3 Å². The van der Waals surface area contributed by atoms with Crippen LogP contribution in [0.4, 0.5) is 5.69 Å². The lowest BCUT2D eigenvalue weighted by Gasteiger charge is -2.30. The average molecular weight is 326 g/mol. The Morgan fingerprint density at radius 1 is 1.36 bits per heavy atom. The Bertz CT molecular complexity index is 557. The highest BCUT2D eigenvalue weighted by molar-refractivity contribution is 6.33. The van der Waals surface area contributed by atoms with Crippen LogP contribution < -0.4 is 5.73 Å². The molecule has 0 heterocycles. The first-order chi connectivity index (χ1) is 9.99. The maximum atomic E-state index is 11.4. The molecule has 0 saturated heterocycles. The van der Waals surface area contributed by atoms with Crippen molar-refractivity contribution in [2.24, 2.45) is 11.8 Å². The number of halogens is 1. The predicted molar refractivity (Wildman–Crippen MR) is 93.9 cm³/mol. The standard InChI is InChI=1S/C15H18ClNO2.C2H6.CH4/c1-7-2-3-8-5-10-11(15(18)19)6-12(16)14(17)13(10)9(8)4-7;1-2;/h6-9H,2-5,17H2,1H3,(H,18,19);1-2H3;1H4. The Morgan fingerprint density at radius 3 is 2.59 bits per heavy atom. The number of carboxylic acids is 1. The van der Waals surface area contributed by atoms with E-state index in [9.17, 15) is 9.90 Å². The average Bonchev–Trinajstić information content (AvgIpc) is 2.83. The highest BCUT2D eigenvalue weighted by Crippen LogP contribution is 2.52. The zero-order valence-electron chi connectivity index (χ0n) is 12.9. The van der Waals surface area contributed by atoms with Crippen molar-refractivity contribution in [2.75, 3.05) is 5.73 Å². The summed E-state index contributed by atoms with van der Waals surface area (Å²) in [7, 11) is 0. The van der Waals surface area contributed by atoms with Gasteiger partial charge in [0.05, 0.1) is 16.3 Å². The monoisotopic (exact) mass is 325 g/mol. The quantitative estimate of drug-likeness (QED) is 0.683. The fraction of sp³-hybridized carbons (Fsp3) is 0.611. The zero-order valence-corrected chi connectivity index (χ0v) is 13.7. The van der Waals surface area contributed by atoms with Crippen LogP contribution in [0.3, 0.4) is 0 Å². The summed E-state index contributed by atoms with van der Waals surface area (Å²) < 4.78 is 0. The molecular formula is C18H28ClNO2. The van der Waals surface area contributed by atoms with Crippen molar-refractivity contribution in [3.8, 4) is 0 Å². The van der Waals surface area contributed by atoms with E-state index in [1.54, 1.807) is 0 Å². The summed E-state index contributed by atoms with van der Waals surface area (Å²) in [6.07, 6.45) is 4.33. The van der Waals surface area contributed by atoms with Crippen LogP contribution in [0, 0.1) is 11.8 Å². The molecule has 4 heteroatoms. The minimum Gasteiger partial charge on any atom is -0.478 e. The van der Waals surface area contributed by atoms with Gasteiger partial charge in [0.2, 0.25) is 0 Å². The van der Waals surface area contributed by atoms with E-state index < -0.39 is 5.97 Å². The van der Waals surface area contributed by atoms with E-state index in [0.29, 0.717) is 34.0 Å². The molecule has 3 N–H and O–H groups in total. The Kier molecular flexibility index (Phi) is 6.30. The lowest BCUT2D eigenvalue weighted by Crippen LogP contribution is -2.19. The molecule has 1 aromatic carbocycles. The lowest BCUT2D eigenvalue weighted by atomic mass is 9.75. The molecule has 0 bridgehead atoms. The first-order valence-corrected chi connectivity index (χ1v) is 8.20. The number of hydrogen-bond acceptors (Lipinski definition) is 2. The molecule has 1 aromatic rings. The molecule has 124 valence electrons. The fourth-order valence-corrected chi connectivity index (χ4v) is 4.08. The molecule has 3 atom stereocenters. The number of benzene rings is 1. The molecule has 3 unspecified atom stereocenters. The van der Waals surface area contributed by atoms with Crippen LogP contribution in [0.15, 0.2) is 6.07 Å². The number of rotatable bonds is 1. The number of hydrogen-bond donors (Lipinski definition) is 2. The molecule has 2 aliphatic carbocycles. The van der Waals surface area contributed by atoms with Gasteiger partial charge in [-0.2, -0.15) is 0 Å². The van der Waals surface area contributed by atoms with Crippen LogP contribution in [0.25, 0.3) is 0 Å². The van der Waals surface area contributed by atoms with Crippen LogP contribution in [0.1, 0.15) is 74.9 Å². The van der Waals surface area contributed by atoms with Crippen LogP contribution in [-0.4, -0.2) is 11.1 Å². The summed E-state index contributed by atoms with van der Waals surface area (Å²) >= 11 is 6.12. The molecule has 0 amide bonds. The first-order valence-electron chi connectivity index (χ1n) is 7.83. The number of carbonyl (C=O) groups is 1. The van der Waals surface area contributed by atoms with Gasteiger partial charge in [-0.3, -0.25) is 0 Å². The third kappa shape index (κ3) is 3.10. The molecule has 3 rings (SSSR count). The van der Waals surface area contributed by atoms with Crippen LogP contribution >= 0.6 is 11.6 Å². The Balaban J connectivity index is 0.000000775. The molecule has 1 saturated carbocycles. The van der Waals surface area contributed by atoms with E-state index in [0.717, 1.165) is 30.4 Å². The Morgan fingerprint density at radius 2 is 2.00 bits per heavy atom. The van der Waals surface area contributed by atoms with E-state index >= 15 is 0 Å². The van der Waals surface area contributed by atoms with Gasteiger partial charge in [-0.05, 0) is 54.2 Å². The zero-order chi connectivity index (χ0) is 15.7. The van der Waals surface area contributed by atoms with Gasteiger partial charge in [0.1, 0.15) is 0 Å². The second-order valence-electron chi connectivity index (χ2n) is 6.01. The number of aromatic carboxylic acids is 1. The first kappa shape index (κ1) is 18.8. The summed E-state index contributed by atoms with van der Waals surface area (Å²) in [5.74, 6) is 0.726. The summed E-state index contributed by atoms with van der Waals surface area (Å²) in [4.78, 5) is 11.4. The van der Waals surface area contributed by atoms with E-state index in [-0.39, 0.29) is 7.43 Å². The second kappa shape index (κ2) is 7.36. The summed E-state index contributed by atoms with van der Waals surface area (Å²) in [6.45, 7) is 6.26. The minimum atomic E-state index is -0.898. The van der Waals surface area contributed by atoms with Crippen molar-refractivity contribution in [1.29, 1.82) is 0 Å². The molecule has 0 spiro atoms.